The summed E-state index contributed by atoms with van der Waals surface area (Å²) in [4.78, 5) is 11.7. The van der Waals surface area contributed by atoms with E-state index in [0.717, 1.165) is 5.56 Å². The normalized spacial score (nSPS) is 13.9. The van der Waals surface area contributed by atoms with Crippen LogP contribution in [0, 0.1) is 0 Å². The second kappa shape index (κ2) is 6.78. The van der Waals surface area contributed by atoms with Crippen molar-refractivity contribution in [3.8, 4) is 0 Å². The van der Waals surface area contributed by atoms with E-state index in [9.17, 15) is 4.79 Å². The lowest BCUT2D eigenvalue weighted by molar-refractivity contribution is 0.0518. The molecule has 0 radical (unpaired) electrons. The molecule has 0 aliphatic carbocycles. The lowest BCUT2D eigenvalue weighted by Gasteiger charge is -2.22. The van der Waals surface area contributed by atoms with Crippen LogP contribution in [0.1, 0.15) is 27.7 Å². The maximum Gasteiger partial charge on any atom is 0.408 e. The Balaban J connectivity index is 2.61. The largest absolute Gasteiger partial charge is 0.444 e. The molecule has 1 atom stereocenters. The highest BCUT2D eigenvalue weighted by Crippen LogP contribution is 2.08. The molecular formula is C14H20N2O3. The minimum Gasteiger partial charge on any atom is -0.444 e. The van der Waals surface area contributed by atoms with E-state index in [1.165, 1.54) is 6.21 Å². The third-order valence-electron chi connectivity index (χ3n) is 2.22. The van der Waals surface area contributed by atoms with E-state index < -0.39 is 17.7 Å². The molecule has 5 nitrogen and oxygen atoms in total. The first kappa shape index (κ1) is 13.4. The van der Waals surface area contributed by atoms with Crippen LogP contribution in [0.4, 0.5) is 4.79 Å². The van der Waals surface area contributed by atoms with Crippen LogP contribution in [-0.2, 0) is 11.2 Å². The average Bonchev–Trinajstić information content (AvgIpc) is 2.39. The predicted molar refractivity (Wildman–Crippen MR) is 73.6 cm³/mol. The third kappa shape index (κ3) is 6.45. The van der Waals surface area contributed by atoms with Crippen molar-refractivity contribution in [3.63, 3.8) is 0 Å². The van der Waals surface area contributed by atoms with Crippen molar-refractivity contribution in [1.82, 2.24) is 5.32 Å². The van der Waals surface area contributed by atoms with Crippen molar-refractivity contribution < 1.29 is 16.1 Å². The highest BCUT2D eigenvalue weighted by atomic mass is 16.6. The van der Waals surface area contributed by atoms with E-state index in [0.29, 0.717) is 6.42 Å². The van der Waals surface area contributed by atoms with Crippen molar-refractivity contribution >= 4 is 12.3 Å². The predicted octanol–water partition coefficient (Wildman–Crippen LogP) is 2.58. The number of alkyl carbamates (subject to hydrolysis) is 1. The lowest BCUT2D eigenvalue weighted by Crippen LogP contribution is -2.41. The lowest BCUT2D eigenvalue weighted by atomic mass is 10.1. The van der Waals surface area contributed by atoms with Crippen molar-refractivity contribution in [2.45, 2.75) is 38.8 Å². The third-order valence-corrected chi connectivity index (χ3v) is 2.22. The summed E-state index contributed by atoms with van der Waals surface area (Å²) in [6.07, 6.45) is 1.09. The summed E-state index contributed by atoms with van der Waals surface area (Å²) in [7, 11) is 0. The summed E-state index contributed by atoms with van der Waals surface area (Å²) < 4.78 is 12.4. The van der Waals surface area contributed by atoms with Gasteiger partial charge in [0.25, 0.3) is 0 Å². The van der Waals surface area contributed by atoms with E-state index in [1.807, 2.05) is 30.3 Å². The van der Waals surface area contributed by atoms with Gasteiger partial charge in [0.15, 0.2) is 0 Å². The van der Waals surface area contributed by atoms with Gasteiger partial charge < -0.3 is 15.3 Å². The van der Waals surface area contributed by atoms with Crippen LogP contribution in [-0.4, -0.2) is 29.2 Å². The van der Waals surface area contributed by atoms with Crippen LogP contribution < -0.4 is 5.32 Å². The van der Waals surface area contributed by atoms with Crippen molar-refractivity contribution in [3.05, 3.63) is 35.9 Å². The van der Waals surface area contributed by atoms with E-state index >= 15 is 0 Å². The molecule has 0 aliphatic rings. The fourth-order valence-corrected chi connectivity index (χ4v) is 1.52. The fraction of sp³-hybridized carbons (Fsp3) is 0.429. The average molecular weight is 265 g/mol. The van der Waals surface area contributed by atoms with Crippen LogP contribution in [0.15, 0.2) is 35.5 Å². The van der Waals surface area contributed by atoms with Gasteiger partial charge in [0, 0.05) is 1.37 Å². The van der Waals surface area contributed by atoms with Gasteiger partial charge in [0.2, 0.25) is 0 Å². The van der Waals surface area contributed by atoms with Gasteiger partial charge in [-0.1, -0.05) is 35.5 Å². The van der Waals surface area contributed by atoms with Crippen LogP contribution in [0.3, 0.4) is 0 Å². The van der Waals surface area contributed by atoms with Gasteiger partial charge in [-0.3, -0.25) is 0 Å². The highest BCUT2D eigenvalue weighted by molar-refractivity contribution is 5.75. The van der Waals surface area contributed by atoms with Crippen LogP contribution in [0.2, 0.25) is 0 Å². The Kier molecular flexibility index (Phi) is 4.78. The molecule has 104 valence electrons. The number of carbonyl (C=O) groups excluding carboxylic acids is 1. The summed E-state index contributed by atoms with van der Waals surface area (Å²) in [5.74, 6) is 0. The number of ether oxygens (including phenoxy) is 1. The highest BCUT2D eigenvalue weighted by Gasteiger charge is 2.18. The summed E-state index contributed by atoms with van der Waals surface area (Å²) >= 11 is 0. The Morgan fingerprint density at radius 1 is 1.58 bits per heavy atom. The SMILES string of the molecule is [2H]CC(C)(C)OC(=O)NC(/C=N\O)Cc1ccccc1. The number of nitrogens with zero attached hydrogens (tertiary/aromatic N) is 1. The molecule has 2 N–H and O–H groups in total. The van der Waals surface area contributed by atoms with Gasteiger partial charge >= 0.3 is 6.09 Å². The molecule has 1 unspecified atom stereocenters. The van der Waals surface area contributed by atoms with E-state index in [-0.39, 0.29) is 6.90 Å². The number of rotatable bonds is 4. The first-order valence-electron chi connectivity index (χ1n) is 6.68. The molecule has 0 bridgehead atoms. The summed E-state index contributed by atoms with van der Waals surface area (Å²) in [5.41, 5.74) is 0.148. The first-order valence-corrected chi connectivity index (χ1v) is 5.97. The van der Waals surface area contributed by atoms with Gasteiger partial charge in [0.1, 0.15) is 5.60 Å². The molecule has 19 heavy (non-hydrogen) atoms. The van der Waals surface area contributed by atoms with Gasteiger partial charge in [-0.15, -0.1) is 0 Å². The molecule has 0 spiro atoms. The van der Waals surface area contributed by atoms with E-state index in [4.69, 9.17) is 11.3 Å². The number of oxime groups is 1. The number of carbonyl (C=O) groups is 1. The standard InChI is InChI=1S/C14H20N2O3/c1-14(2,3)19-13(17)16-12(10-15-18)9-11-7-5-4-6-8-11/h4-8,10,12,18H,9H2,1-3H3,(H,16,17)/b15-10-/i1D. The monoisotopic (exact) mass is 265 g/mol. The molecule has 1 rings (SSSR count). The zero-order valence-corrected chi connectivity index (χ0v) is 11.2. The Labute approximate surface area is 114 Å². The summed E-state index contributed by atoms with van der Waals surface area (Å²) in [5, 5.41) is 14.2. The molecular weight excluding hydrogens is 244 g/mol. The van der Waals surface area contributed by atoms with Gasteiger partial charge in [-0.25, -0.2) is 4.79 Å². The maximum absolute atomic E-state index is 11.7. The molecule has 1 aromatic carbocycles. The second-order valence-electron chi connectivity index (χ2n) is 4.85. The Morgan fingerprint density at radius 3 is 2.84 bits per heavy atom. The molecule has 0 saturated heterocycles. The number of hydrogen-bond acceptors (Lipinski definition) is 4. The van der Waals surface area contributed by atoms with Crippen molar-refractivity contribution in [1.29, 1.82) is 0 Å². The topological polar surface area (TPSA) is 70.9 Å². The van der Waals surface area contributed by atoms with E-state index in [2.05, 4.69) is 10.5 Å². The molecule has 0 aromatic heterocycles. The summed E-state index contributed by atoms with van der Waals surface area (Å²) in [6, 6.07) is 9.04. The summed E-state index contributed by atoms with van der Waals surface area (Å²) in [6.45, 7) is 3.29. The first-order chi connectivity index (χ1) is 9.46. The smallest absolute Gasteiger partial charge is 0.408 e. The van der Waals surface area contributed by atoms with Crippen LogP contribution in [0.5, 0.6) is 0 Å². The van der Waals surface area contributed by atoms with Crippen molar-refractivity contribution in [2.24, 2.45) is 5.16 Å². The minimum absolute atomic E-state index is 0.0299. The van der Waals surface area contributed by atoms with Gasteiger partial charge in [0.05, 0.1) is 12.3 Å². The van der Waals surface area contributed by atoms with Gasteiger partial charge in [-0.2, -0.15) is 0 Å². The van der Waals surface area contributed by atoms with Crippen molar-refractivity contribution in [2.75, 3.05) is 0 Å². The Hall–Kier alpha value is -2.04. The molecule has 1 amide bonds. The maximum atomic E-state index is 11.7. The fourth-order valence-electron chi connectivity index (χ4n) is 1.52. The number of benzene rings is 1. The number of nitrogens with one attached hydrogen (secondary N) is 1. The quantitative estimate of drug-likeness (QED) is 0.499. The Morgan fingerprint density at radius 2 is 2.26 bits per heavy atom. The molecule has 0 saturated carbocycles. The minimum atomic E-state index is -0.849. The molecule has 5 heteroatoms. The number of hydrogen-bond donors (Lipinski definition) is 2. The zero-order valence-electron chi connectivity index (χ0n) is 12.2. The Bertz CT molecular complexity index is 449. The van der Waals surface area contributed by atoms with E-state index in [1.54, 1.807) is 13.8 Å². The second-order valence-corrected chi connectivity index (χ2v) is 4.85. The molecule has 0 aliphatic heterocycles. The van der Waals surface area contributed by atoms with Crippen LogP contribution >= 0.6 is 0 Å². The molecule has 0 fully saturated rings. The van der Waals surface area contributed by atoms with Crippen LogP contribution in [0.25, 0.3) is 0 Å². The van der Waals surface area contributed by atoms with Gasteiger partial charge in [-0.05, 0) is 32.7 Å². The number of amides is 1. The molecule has 1 aromatic rings. The molecule has 0 heterocycles. The zero-order chi connectivity index (χ0) is 15.0.